The molecule has 1 aromatic carbocycles. The first-order chi connectivity index (χ1) is 15.5. The van der Waals surface area contributed by atoms with E-state index in [1.807, 2.05) is 31.2 Å². The highest BCUT2D eigenvalue weighted by Crippen LogP contribution is 2.39. The van der Waals surface area contributed by atoms with Crippen LogP contribution in [0.1, 0.15) is 28.9 Å². The third kappa shape index (κ3) is 3.91. The number of β-amino-alcohol motifs (C(OH)–C–C–N with tert-alkyl or cyclic N) is 1. The van der Waals surface area contributed by atoms with E-state index in [1.165, 1.54) is 12.8 Å². The smallest absolute Gasteiger partial charge is 0.255 e. The summed E-state index contributed by atoms with van der Waals surface area (Å²) in [5.74, 6) is 1.89. The van der Waals surface area contributed by atoms with Crippen LogP contribution in [0.2, 0.25) is 0 Å². The summed E-state index contributed by atoms with van der Waals surface area (Å²) in [6.45, 7) is 3.57. The molecule has 1 saturated carbocycles. The molecule has 5 rings (SSSR count). The van der Waals surface area contributed by atoms with E-state index in [0.29, 0.717) is 36.7 Å². The van der Waals surface area contributed by atoms with Crippen molar-refractivity contribution in [3.8, 4) is 22.6 Å². The summed E-state index contributed by atoms with van der Waals surface area (Å²) < 4.78 is 11.6. The molecule has 1 aliphatic carbocycles. The number of pyridine rings is 1. The number of aromatic nitrogens is 2. The van der Waals surface area contributed by atoms with Crippen molar-refractivity contribution in [3.63, 3.8) is 0 Å². The Hall–Kier alpha value is -3.10. The van der Waals surface area contributed by atoms with Crippen molar-refractivity contribution in [2.75, 3.05) is 26.8 Å². The molecule has 2 aromatic heterocycles. The van der Waals surface area contributed by atoms with Crippen molar-refractivity contribution in [2.45, 2.75) is 31.9 Å². The molecule has 2 fully saturated rings. The molecule has 168 valence electrons. The molecule has 0 radical (unpaired) electrons. The van der Waals surface area contributed by atoms with Crippen LogP contribution in [0.3, 0.4) is 0 Å². The number of aromatic amines is 1. The SMILES string of the molecule is COc1ccc(OCC2CC2)c(-c2ccnc3c(C(=O)N[C@@H]4CNC[C@H]4O)c(C)[nH]c23)c1. The lowest BCUT2D eigenvalue weighted by Gasteiger charge is -2.15. The highest BCUT2D eigenvalue weighted by Gasteiger charge is 2.29. The van der Waals surface area contributed by atoms with Gasteiger partial charge in [-0.25, -0.2) is 0 Å². The lowest BCUT2D eigenvalue weighted by atomic mass is 10.0. The lowest BCUT2D eigenvalue weighted by molar-refractivity contribution is 0.0889. The minimum Gasteiger partial charge on any atom is -0.497 e. The van der Waals surface area contributed by atoms with E-state index in [0.717, 1.165) is 33.8 Å². The highest BCUT2D eigenvalue weighted by atomic mass is 16.5. The number of nitrogens with one attached hydrogen (secondary N) is 3. The number of carbonyl (C=O) groups is 1. The number of ether oxygens (including phenoxy) is 2. The van der Waals surface area contributed by atoms with Crippen molar-refractivity contribution < 1.29 is 19.4 Å². The van der Waals surface area contributed by atoms with E-state index in [4.69, 9.17) is 9.47 Å². The Morgan fingerprint density at radius 1 is 1.25 bits per heavy atom. The molecule has 3 aromatic rings. The zero-order valence-corrected chi connectivity index (χ0v) is 18.3. The first-order valence-corrected chi connectivity index (χ1v) is 11.0. The van der Waals surface area contributed by atoms with Gasteiger partial charge >= 0.3 is 0 Å². The number of benzene rings is 1. The van der Waals surface area contributed by atoms with Gasteiger partial charge in [-0.3, -0.25) is 9.78 Å². The average molecular weight is 437 g/mol. The summed E-state index contributed by atoms with van der Waals surface area (Å²) in [5, 5.41) is 16.1. The van der Waals surface area contributed by atoms with Crippen molar-refractivity contribution in [1.82, 2.24) is 20.6 Å². The van der Waals surface area contributed by atoms with Crippen molar-refractivity contribution in [2.24, 2.45) is 5.92 Å². The van der Waals surface area contributed by atoms with E-state index in [1.54, 1.807) is 13.3 Å². The number of fused-ring (bicyclic) bond motifs is 1. The molecule has 1 amide bonds. The van der Waals surface area contributed by atoms with Gasteiger partial charge in [0.15, 0.2) is 0 Å². The molecule has 4 N–H and O–H groups in total. The van der Waals surface area contributed by atoms with Gasteiger partial charge in [0.05, 0.1) is 36.9 Å². The Bertz CT molecular complexity index is 1150. The number of amides is 1. The fourth-order valence-electron chi connectivity index (χ4n) is 4.23. The van der Waals surface area contributed by atoms with Gasteiger partial charge in [0, 0.05) is 36.1 Å². The van der Waals surface area contributed by atoms with Crippen LogP contribution in [0.4, 0.5) is 0 Å². The van der Waals surface area contributed by atoms with Crippen LogP contribution >= 0.6 is 0 Å². The Balaban J connectivity index is 1.54. The second-order valence-corrected chi connectivity index (χ2v) is 8.63. The van der Waals surface area contributed by atoms with Crippen LogP contribution in [-0.2, 0) is 0 Å². The fraction of sp³-hybridized carbons (Fsp3) is 0.417. The van der Waals surface area contributed by atoms with Gasteiger partial charge in [-0.15, -0.1) is 0 Å². The molecule has 2 atom stereocenters. The summed E-state index contributed by atoms with van der Waals surface area (Å²) in [5.41, 5.74) is 4.36. The maximum atomic E-state index is 13.1. The molecule has 0 unspecified atom stereocenters. The van der Waals surface area contributed by atoms with Crippen LogP contribution in [0.5, 0.6) is 11.5 Å². The van der Waals surface area contributed by atoms with Crippen LogP contribution < -0.4 is 20.1 Å². The molecule has 0 bridgehead atoms. The zero-order chi connectivity index (χ0) is 22.2. The molecule has 1 saturated heterocycles. The van der Waals surface area contributed by atoms with Gasteiger partial charge in [0.1, 0.15) is 17.0 Å². The number of H-pyrrole nitrogens is 1. The Morgan fingerprint density at radius 3 is 2.81 bits per heavy atom. The molecule has 1 aliphatic heterocycles. The standard InChI is InChI=1S/C24H28N4O4/c1-13-21(24(30)28-18-10-25-11-19(18)29)23-22(27-13)16(7-8-26-23)17-9-15(31-2)5-6-20(17)32-12-14-3-4-14/h5-9,14,18-19,25,27,29H,3-4,10-12H2,1-2H3,(H,28,30)/t18-,19-/m1/s1. The molecule has 2 aliphatic rings. The van der Waals surface area contributed by atoms with E-state index in [-0.39, 0.29) is 11.9 Å². The molecule has 8 heteroatoms. The fourth-order valence-corrected chi connectivity index (χ4v) is 4.23. The minimum absolute atomic E-state index is 0.248. The maximum Gasteiger partial charge on any atom is 0.255 e. The van der Waals surface area contributed by atoms with Gasteiger partial charge < -0.3 is 30.2 Å². The number of rotatable bonds is 7. The molecule has 8 nitrogen and oxygen atoms in total. The predicted molar refractivity (Wildman–Crippen MR) is 121 cm³/mol. The van der Waals surface area contributed by atoms with E-state index in [9.17, 15) is 9.90 Å². The summed E-state index contributed by atoms with van der Waals surface area (Å²) in [6.07, 6.45) is 3.53. The largest absolute Gasteiger partial charge is 0.497 e. The van der Waals surface area contributed by atoms with Crippen LogP contribution in [0.25, 0.3) is 22.2 Å². The number of aliphatic hydroxyl groups excluding tert-OH is 1. The molecular formula is C24H28N4O4. The van der Waals surface area contributed by atoms with Crippen molar-refractivity contribution in [1.29, 1.82) is 0 Å². The van der Waals surface area contributed by atoms with Gasteiger partial charge in [-0.2, -0.15) is 0 Å². The van der Waals surface area contributed by atoms with Gasteiger partial charge in [0.25, 0.3) is 5.91 Å². The van der Waals surface area contributed by atoms with Crippen LogP contribution in [0.15, 0.2) is 30.5 Å². The molecule has 32 heavy (non-hydrogen) atoms. The number of carbonyl (C=O) groups excluding carboxylic acids is 1. The first-order valence-electron chi connectivity index (χ1n) is 11.0. The number of hydrogen-bond acceptors (Lipinski definition) is 6. The Labute approximate surface area is 186 Å². The van der Waals surface area contributed by atoms with E-state index < -0.39 is 6.10 Å². The van der Waals surface area contributed by atoms with Gasteiger partial charge in [-0.05, 0) is 49.9 Å². The second kappa shape index (κ2) is 8.44. The predicted octanol–water partition coefficient (Wildman–Crippen LogP) is 2.40. The molecule has 0 spiro atoms. The maximum absolute atomic E-state index is 13.1. The number of aliphatic hydroxyl groups is 1. The third-order valence-corrected chi connectivity index (χ3v) is 6.25. The quantitative estimate of drug-likeness (QED) is 0.453. The van der Waals surface area contributed by atoms with Crippen LogP contribution in [-0.4, -0.2) is 59.9 Å². The lowest BCUT2D eigenvalue weighted by Crippen LogP contribution is -2.42. The Morgan fingerprint density at radius 2 is 2.09 bits per heavy atom. The second-order valence-electron chi connectivity index (χ2n) is 8.63. The molecular weight excluding hydrogens is 408 g/mol. The summed E-state index contributed by atoms with van der Waals surface area (Å²) in [4.78, 5) is 21.0. The normalized spacial score (nSPS) is 20.5. The van der Waals surface area contributed by atoms with Gasteiger partial charge in [0.2, 0.25) is 0 Å². The first kappa shape index (κ1) is 20.8. The van der Waals surface area contributed by atoms with Crippen LogP contribution in [0, 0.1) is 12.8 Å². The molecule has 3 heterocycles. The number of nitrogens with zero attached hydrogens (tertiary/aromatic N) is 1. The number of hydrogen-bond donors (Lipinski definition) is 4. The summed E-state index contributed by atoms with van der Waals surface area (Å²) in [7, 11) is 1.64. The van der Waals surface area contributed by atoms with E-state index in [2.05, 4.69) is 20.6 Å². The summed E-state index contributed by atoms with van der Waals surface area (Å²) >= 11 is 0. The van der Waals surface area contributed by atoms with E-state index >= 15 is 0 Å². The average Bonchev–Trinajstić information content (AvgIpc) is 3.44. The van der Waals surface area contributed by atoms with Crippen molar-refractivity contribution in [3.05, 3.63) is 41.7 Å². The summed E-state index contributed by atoms with van der Waals surface area (Å²) in [6, 6.07) is 7.37. The number of methoxy groups -OCH3 is 1. The zero-order valence-electron chi connectivity index (χ0n) is 18.3. The third-order valence-electron chi connectivity index (χ3n) is 6.25. The minimum atomic E-state index is -0.601. The van der Waals surface area contributed by atoms with Crippen molar-refractivity contribution >= 4 is 16.9 Å². The topological polar surface area (TPSA) is 108 Å². The Kier molecular flexibility index (Phi) is 5.48. The highest BCUT2D eigenvalue weighted by molar-refractivity contribution is 6.09. The monoisotopic (exact) mass is 436 g/mol. The van der Waals surface area contributed by atoms with Gasteiger partial charge in [-0.1, -0.05) is 0 Å². The number of aryl methyl sites for hydroxylation is 1.